The second-order valence-electron chi connectivity index (χ2n) is 10.6. The van der Waals surface area contributed by atoms with Crippen molar-refractivity contribution in [2.45, 2.75) is 51.9 Å². The molecule has 0 fully saturated rings. The number of nitrogens with zero attached hydrogens (tertiary/aromatic N) is 7. The fourth-order valence-corrected chi connectivity index (χ4v) is 5.14. The molecule has 3 heterocycles. The lowest BCUT2D eigenvalue weighted by atomic mass is 10.1. The van der Waals surface area contributed by atoms with Gasteiger partial charge in [-0.15, -0.1) is 0 Å². The highest BCUT2D eigenvalue weighted by atomic mass is 79.9. The lowest BCUT2D eigenvalue weighted by molar-refractivity contribution is -0.390. The first-order valence-corrected chi connectivity index (χ1v) is 17.3. The smallest absolute Gasteiger partial charge is 0.406 e. The first-order valence-electron chi connectivity index (χ1n) is 12.8. The SMILES string of the molecule is C[C@@H](Oc1cc(Br)cnc1[N+](=O)[O-])c1cc(F)ccc1-n1nccc1Cc1cc(C#N)n(COCC[Si](C)(C)C)n1. The first kappa shape index (κ1) is 30.0. The predicted octanol–water partition coefficient (Wildman–Crippen LogP) is 6.19. The molecule has 4 rings (SSSR count). The fourth-order valence-electron chi connectivity index (χ4n) is 4.08. The Balaban J connectivity index is 1.59. The summed E-state index contributed by atoms with van der Waals surface area (Å²) in [4.78, 5) is 14.7. The van der Waals surface area contributed by atoms with Crippen LogP contribution in [0.25, 0.3) is 5.69 Å². The number of nitriles is 1. The molecular formula is C27H29BrFN7O4Si. The molecule has 0 N–H and O–H groups in total. The van der Waals surface area contributed by atoms with Gasteiger partial charge in [0.05, 0.1) is 21.5 Å². The minimum absolute atomic E-state index is 0.0607. The summed E-state index contributed by atoms with van der Waals surface area (Å²) >= 11 is 3.25. The summed E-state index contributed by atoms with van der Waals surface area (Å²) < 4.78 is 29.8. The van der Waals surface area contributed by atoms with Crippen molar-refractivity contribution < 1.29 is 18.8 Å². The van der Waals surface area contributed by atoms with Crippen molar-refractivity contribution in [2.75, 3.05) is 6.61 Å². The van der Waals surface area contributed by atoms with Gasteiger partial charge < -0.3 is 19.6 Å². The summed E-state index contributed by atoms with van der Waals surface area (Å²) in [6.07, 6.45) is 2.45. The maximum absolute atomic E-state index is 14.4. The number of hydrogen-bond acceptors (Lipinski definition) is 8. The van der Waals surface area contributed by atoms with Gasteiger partial charge in [0.25, 0.3) is 0 Å². The van der Waals surface area contributed by atoms with E-state index in [1.54, 1.807) is 40.7 Å². The number of rotatable bonds is 12. The normalized spacial score (nSPS) is 12.2. The summed E-state index contributed by atoms with van der Waals surface area (Å²) in [5, 5.41) is 30.1. The number of pyridine rings is 1. The van der Waals surface area contributed by atoms with Crippen LogP contribution in [0.1, 0.15) is 35.7 Å². The largest absolute Gasteiger partial charge is 0.478 e. The Labute approximate surface area is 245 Å². The van der Waals surface area contributed by atoms with Crippen molar-refractivity contribution in [3.8, 4) is 17.5 Å². The molecule has 0 aliphatic rings. The topological polar surface area (TPSA) is 134 Å². The molecule has 11 nitrogen and oxygen atoms in total. The molecule has 0 radical (unpaired) electrons. The van der Waals surface area contributed by atoms with Crippen LogP contribution in [0, 0.1) is 27.3 Å². The molecule has 41 heavy (non-hydrogen) atoms. The molecule has 0 saturated carbocycles. The van der Waals surface area contributed by atoms with E-state index >= 15 is 0 Å². The van der Waals surface area contributed by atoms with Crippen molar-refractivity contribution in [3.05, 3.63) is 91.8 Å². The fraction of sp³-hybridized carbons (Fsp3) is 0.333. The van der Waals surface area contributed by atoms with Crippen LogP contribution in [0.5, 0.6) is 5.75 Å². The third-order valence-corrected chi connectivity index (χ3v) is 8.31. The van der Waals surface area contributed by atoms with Crippen LogP contribution in [0.3, 0.4) is 0 Å². The van der Waals surface area contributed by atoms with Crippen molar-refractivity contribution >= 4 is 29.8 Å². The van der Waals surface area contributed by atoms with Gasteiger partial charge in [-0.05, 0) is 69.1 Å². The van der Waals surface area contributed by atoms with Crippen LogP contribution < -0.4 is 4.74 Å². The number of halogens is 2. The van der Waals surface area contributed by atoms with Crippen molar-refractivity contribution in [1.29, 1.82) is 5.26 Å². The predicted molar refractivity (Wildman–Crippen MR) is 155 cm³/mol. The Hall–Kier alpha value is -3.93. The monoisotopic (exact) mass is 641 g/mol. The average Bonchev–Trinajstić information content (AvgIpc) is 3.52. The number of nitro groups is 1. The molecule has 0 aliphatic carbocycles. The van der Waals surface area contributed by atoms with Crippen LogP contribution >= 0.6 is 15.9 Å². The maximum atomic E-state index is 14.4. The number of hydrogen-bond donors (Lipinski definition) is 0. The number of aromatic nitrogens is 5. The van der Waals surface area contributed by atoms with Crippen LogP contribution in [0.4, 0.5) is 10.2 Å². The molecule has 214 valence electrons. The second kappa shape index (κ2) is 12.7. The standard InChI is InChI=1S/C27H29BrFN7O4Si/c1-18(40-26-11-19(28)16-31-27(26)36(37)38)24-12-20(29)5-6-25(24)35-22(7-8-32-35)13-21-14-23(15-30)34(33-21)17-39-9-10-41(2,3)4/h5-8,11-12,14,16,18H,9-10,13,17H2,1-4H3/t18-/m1/s1. The van der Waals surface area contributed by atoms with Gasteiger partial charge in [-0.25, -0.2) is 13.8 Å². The molecule has 0 aliphatic heterocycles. The Morgan fingerprint density at radius 1 is 1.24 bits per heavy atom. The van der Waals surface area contributed by atoms with E-state index in [0.717, 1.165) is 11.7 Å². The number of benzene rings is 1. The Kier molecular flexibility index (Phi) is 9.31. The Morgan fingerprint density at radius 2 is 2.02 bits per heavy atom. The first-order chi connectivity index (χ1) is 19.4. The Morgan fingerprint density at radius 3 is 2.73 bits per heavy atom. The van der Waals surface area contributed by atoms with Gasteiger partial charge in [0.1, 0.15) is 30.4 Å². The van der Waals surface area contributed by atoms with Gasteiger partial charge in [-0.2, -0.15) is 15.5 Å². The van der Waals surface area contributed by atoms with E-state index in [0.29, 0.717) is 40.1 Å². The molecule has 1 aromatic carbocycles. The van der Waals surface area contributed by atoms with E-state index < -0.39 is 30.7 Å². The van der Waals surface area contributed by atoms with Gasteiger partial charge in [0.2, 0.25) is 5.75 Å². The summed E-state index contributed by atoms with van der Waals surface area (Å²) in [5.41, 5.74) is 2.70. The van der Waals surface area contributed by atoms with Gasteiger partial charge in [-0.3, -0.25) is 0 Å². The summed E-state index contributed by atoms with van der Waals surface area (Å²) in [6, 6.07) is 12.3. The second-order valence-corrected chi connectivity index (χ2v) is 17.1. The summed E-state index contributed by atoms with van der Waals surface area (Å²) in [7, 11) is -1.24. The average molecular weight is 643 g/mol. The van der Waals surface area contributed by atoms with Gasteiger partial charge in [0, 0.05) is 38.9 Å². The van der Waals surface area contributed by atoms with Gasteiger partial charge >= 0.3 is 5.82 Å². The molecular weight excluding hydrogens is 613 g/mol. The molecule has 0 bridgehead atoms. The van der Waals surface area contributed by atoms with Gasteiger partial charge in [-0.1, -0.05) is 19.6 Å². The van der Waals surface area contributed by atoms with E-state index in [9.17, 15) is 19.8 Å². The molecule has 14 heteroatoms. The zero-order chi connectivity index (χ0) is 29.7. The highest BCUT2D eigenvalue weighted by Crippen LogP contribution is 2.34. The molecule has 0 unspecified atom stereocenters. The van der Waals surface area contributed by atoms with Crippen LogP contribution in [-0.2, 0) is 17.9 Å². The molecule has 0 amide bonds. The third-order valence-electron chi connectivity index (χ3n) is 6.17. The van der Waals surface area contributed by atoms with E-state index in [1.807, 2.05) is 0 Å². The highest BCUT2D eigenvalue weighted by Gasteiger charge is 2.23. The minimum Gasteiger partial charge on any atom is -0.478 e. The van der Waals surface area contributed by atoms with E-state index in [2.05, 4.69) is 56.8 Å². The molecule has 0 spiro atoms. The lowest BCUT2D eigenvalue weighted by Gasteiger charge is -2.19. The van der Waals surface area contributed by atoms with E-state index in [-0.39, 0.29) is 12.5 Å². The van der Waals surface area contributed by atoms with E-state index in [4.69, 9.17) is 9.47 Å². The van der Waals surface area contributed by atoms with E-state index in [1.165, 1.54) is 24.4 Å². The summed E-state index contributed by atoms with van der Waals surface area (Å²) in [6.45, 7) is 9.26. The molecule has 0 saturated heterocycles. The molecule has 3 aromatic heterocycles. The van der Waals surface area contributed by atoms with Crippen LogP contribution in [0.15, 0.2) is 53.3 Å². The molecule has 1 atom stereocenters. The van der Waals surface area contributed by atoms with Crippen molar-refractivity contribution in [3.63, 3.8) is 0 Å². The maximum Gasteiger partial charge on any atom is 0.406 e. The highest BCUT2D eigenvalue weighted by molar-refractivity contribution is 9.10. The zero-order valence-corrected chi connectivity index (χ0v) is 25.6. The molecule has 4 aromatic rings. The number of ether oxygens (including phenoxy) is 2. The van der Waals surface area contributed by atoms with Gasteiger partial charge in [0.15, 0.2) is 6.20 Å². The quantitative estimate of drug-likeness (QED) is 0.0773. The van der Waals surface area contributed by atoms with Crippen molar-refractivity contribution in [2.24, 2.45) is 0 Å². The minimum atomic E-state index is -1.24. The third kappa shape index (κ3) is 7.63. The summed E-state index contributed by atoms with van der Waals surface area (Å²) in [5.74, 6) is -1.01. The Bertz CT molecular complexity index is 1600. The van der Waals surface area contributed by atoms with Crippen molar-refractivity contribution in [1.82, 2.24) is 24.5 Å². The lowest BCUT2D eigenvalue weighted by Crippen LogP contribution is -2.22. The van der Waals surface area contributed by atoms with Crippen LogP contribution in [-0.4, -0.2) is 44.1 Å². The zero-order valence-electron chi connectivity index (χ0n) is 23.0. The van der Waals surface area contributed by atoms with Crippen LogP contribution in [0.2, 0.25) is 25.7 Å².